The number of hydrogen-bond donors (Lipinski definition) is 0. The Balaban J connectivity index is 1.45. The smallest absolute Gasteiger partial charge is 0.270 e. The van der Waals surface area contributed by atoms with Crippen molar-refractivity contribution in [2.24, 2.45) is 0 Å². The molecule has 3 aliphatic rings. The van der Waals surface area contributed by atoms with Crippen molar-refractivity contribution in [1.82, 2.24) is 9.47 Å². The minimum absolute atomic E-state index is 0.0943. The Morgan fingerprint density at radius 1 is 1.07 bits per heavy atom. The van der Waals surface area contributed by atoms with E-state index in [-0.39, 0.29) is 11.7 Å². The third-order valence-electron chi connectivity index (χ3n) is 6.92. The highest BCUT2D eigenvalue weighted by Gasteiger charge is 2.41. The molecule has 30 heavy (non-hydrogen) atoms. The topological polar surface area (TPSA) is 43.7 Å². The fourth-order valence-electron chi connectivity index (χ4n) is 5.28. The van der Waals surface area contributed by atoms with Crippen molar-refractivity contribution < 1.29 is 18.7 Å². The Morgan fingerprint density at radius 2 is 1.73 bits per heavy atom. The van der Waals surface area contributed by atoms with Crippen LogP contribution in [0.15, 0.2) is 24.3 Å². The Morgan fingerprint density at radius 3 is 2.43 bits per heavy atom. The van der Waals surface area contributed by atoms with Gasteiger partial charge in [-0.05, 0) is 61.4 Å². The van der Waals surface area contributed by atoms with Gasteiger partial charge in [0.15, 0.2) is 5.79 Å². The number of fused-ring (bicyclic) bond motifs is 1. The zero-order valence-corrected chi connectivity index (χ0v) is 17.6. The molecule has 2 aromatic rings. The van der Waals surface area contributed by atoms with Crippen LogP contribution in [0.4, 0.5) is 4.39 Å². The first-order chi connectivity index (χ1) is 14.6. The average Bonchev–Trinajstić information content (AvgIpc) is 3.33. The number of amides is 1. The number of rotatable bonds is 3. The van der Waals surface area contributed by atoms with Crippen molar-refractivity contribution >= 4 is 5.91 Å². The molecule has 5 rings (SSSR count). The third kappa shape index (κ3) is 3.46. The first-order valence-electron chi connectivity index (χ1n) is 11.1. The molecule has 0 atom stereocenters. The minimum Gasteiger partial charge on any atom is -0.347 e. The molecule has 3 heterocycles. The summed E-state index contributed by atoms with van der Waals surface area (Å²) in [6, 6.07) is 6.61. The van der Waals surface area contributed by atoms with Gasteiger partial charge in [0.2, 0.25) is 0 Å². The number of piperidine rings is 1. The van der Waals surface area contributed by atoms with Crippen LogP contribution in [-0.4, -0.2) is 47.5 Å². The lowest BCUT2D eigenvalue weighted by atomic mass is 9.95. The number of likely N-dealkylation sites (tertiary alicyclic amines) is 1. The van der Waals surface area contributed by atoms with Gasteiger partial charge < -0.3 is 18.9 Å². The summed E-state index contributed by atoms with van der Waals surface area (Å²) in [4.78, 5) is 15.6. The quantitative estimate of drug-likeness (QED) is 0.769. The summed E-state index contributed by atoms with van der Waals surface area (Å²) < 4.78 is 27.2. The number of aromatic nitrogens is 1. The fourth-order valence-corrected chi connectivity index (χ4v) is 5.28. The molecule has 1 aliphatic carbocycles. The first kappa shape index (κ1) is 19.8. The van der Waals surface area contributed by atoms with E-state index in [1.165, 1.54) is 29.8 Å². The second-order valence-corrected chi connectivity index (χ2v) is 8.72. The van der Waals surface area contributed by atoms with Crippen molar-refractivity contribution in [3.63, 3.8) is 0 Å². The van der Waals surface area contributed by atoms with Gasteiger partial charge in [-0.1, -0.05) is 12.1 Å². The zero-order valence-electron chi connectivity index (χ0n) is 17.6. The molecule has 1 aromatic carbocycles. The minimum atomic E-state index is -0.485. The molecule has 5 nitrogen and oxygen atoms in total. The van der Waals surface area contributed by atoms with E-state index < -0.39 is 5.79 Å². The molecule has 1 spiro atoms. The number of carbonyl (C=O) groups excluding carboxylic acids is 1. The maximum absolute atomic E-state index is 13.7. The molecule has 6 heteroatoms. The Bertz CT molecular complexity index is 934. The van der Waals surface area contributed by atoms with Crippen LogP contribution >= 0.6 is 0 Å². The van der Waals surface area contributed by atoms with Gasteiger partial charge >= 0.3 is 0 Å². The van der Waals surface area contributed by atoms with Crippen LogP contribution in [0.3, 0.4) is 0 Å². The summed E-state index contributed by atoms with van der Waals surface area (Å²) in [5.41, 5.74) is 5.55. The molecule has 2 saturated heterocycles. The summed E-state index contributed by atoms with van der Waals surface area (Å²) in [6.45, 7) is 5.25. The fraction of sp³-hybridized carbons (Fsp3) is 0.542. The van der Waals surface area contributed by atoms with E-state index in [2.05, 4.69) is 11.5 Å². The SMILES string of the molecule is Cc1c2c(n(Cc3ccc(F)cc3)c1C(=O)N1CCC3(CC1)OCCO3)CCCC2. The highest BCUT2D eigenvalue weighted by Crippen LogP contribution is 2.34. The van der Waals surface area contributed by atoms with Crippen LogP contribution in [-0.2, 0) is 28.9 Å². The molecule has 0 N–H and O–H groups in total. The number of ether oxygens (including phenoxy) is 2. The molecule has 0 radical (unpaired) electrons. The van der Waals surface area contributed by atoms with Crippen molar-refractivity contribution in [3.8, 4) is 0 Å². The number of halogens is 1. The van der Waals surface area contributed by atoms with Gasteiger partial charge in [-0.25, -0.2) is 4.39 Å². The normalized spacial score (nSPS) is 20.5. The predicted octanol–water partition coefficient (Wildman–Crippen LogP) is 3.84. The van der Waals surface area contributed by atoms with Gasteiger partial charge in [0.25, 0.3) is 5.91 Å². The summed E-state index contributed by atoms with van der Waals surface area (Å²) in [7, 11) is 0. The van der Waals surface area contributed by atoms with E-state index in [1.807, 2.05) is 17.0 Å². The molecule has 160 valence electrons. The molecular weight excluding hydrogens is 383 g/mol. The van der Waals surface area contributed by atoms with Crippen LogP contribution in [0.5, 0.6) is 0 Å². The summed E-state index contributed by atoms with van der Waals surface area (Å²) in [5, 5.41) is 0. The summed E-state index contributed by atoms with van der Waals surface area (Å²) in [5.74, 6) is -0.627. The van der Waals surface area contributed by atoms with E-state index in [1.54, 1.807) is 0 Å². The van der Waals surface area contributed by atoms with Gasteiger partial charge in [-0.15, -0.1) is 0 Å². The number of carbonyl (C=O) groups is 1. The van der Waals surface area contributed by atoms with E-state index in [0.29, 0.717) is 32.8 Å². The molecule has 1 amide bonds. The molecular formula is C24H29FN2O3. The first-order valence-corrected chi connectivity index (χ1v) is 11.1. The standard InChI is InChI=1S/C24H29FN2O3/c1-17-20-4-2-3-5-21(20)27(16-18-6-8-19(25)9-7-18)22(17)23(28)26-12-10-24(11-13-26)29-14-15-30-24/h6-9H,2-5,10-16H2,1H3. The van der Waals surface area contributed by atoms with Gasteiger partial charge in [0.05, 0.1) is 13.2 Å². The third-order valence-corrected chi connectivity index (χ3v) is 6.92. The number of nitrogens with zero attached hydrogens (tertiary/aromatic N) is 2. The van der Waals surface area contributed by atoms with Crippen molar-refractivity contribution in [2.75, 3.05) is 26.3 Å². The van der Waals surface area contributed by atoms with E-state index >= 15 is 0 Å². The maximum Gasteiger partial charge on any atom is 0.270 e. The Labute approximate surface area is 176 Å². The molecule has 0 saturated carbocycles. The lowest BCUT2D eigenvalue weighted by Gasteiger charge is -2.37. The molecule has 2 aliphatic heterocycles. The van der Waals surface area contributed by atoms with Crippen LogP contribution in [0.2, 0.25) is 0 Å². The predicted molar refractivity (Wildman–Crippen MR) is 111 cm³/mol. The average molecular weight is 413 g/mol. The molecule has 1 aromatic heterocycles. The number of benzene rings is 1. The van der Waals surface area contributed by atoms with Crippen molar-refractivity contribution in [1.29, 1.82) is 0 Å². The lowest BCUT2D eigenvalue weighted by molar-refractivity contribution is -0.181. The monoisotopic (exact) mass is 412 g/mol. The van der Waals surface area contributed by atoms with Crippen molar-refractivity contribution in [2.45, 2.75) is 57.8 Å². The summed E-state index contributed by atoms with van der Waals surface area (Å²) >= 11 is 0. The molecule has 0 bridgehead atoms. The van der Waals surface area contributed by atoms with Crippen LogP contribution < -0.4 is 0 Å². The van der Waals surface area contributed by atoms with Gasteiger partial charge in [0, 0.05) is 38.2 Å². The largest absolute Gasteiger partial charge is 0.347 e. The van der Waals surface area contributed by atoms with Gasteiger partial charge in [0.1, 0.15) is 11.5 Å². The van der Waals surface area contributed by atoms with Crippen LogP contribution in [0.1, 0.15) is 58.6 Å². The Kier molecular flexibility index (Phi) is 5.15. The van der Waals surface area contributed by atoms with Gasteiger partial charge in [-0.3, -0.25) is 4.79 Å². The highest BCUT2D eigenvalue weighted by molar-refractivity contribution is 5.95. The van der Waals surface area contributed by atoms with E-state index in [9.17, 15) is 9.18 Å². The second kappa shape index (κ2) is 7.82. The zero-order chi connectivity index (χ0) is 20.7. The Hall–Kier alpha value is -2.18. The van der Waals surface area contributed by atoms with Crippen molar-refractivity contribution in [3.05, 3.63) is 58.2 Å². The summed E-state index contributed by atoms with van der Waals surface area (Å²) in [6.07, 6.45) is 5.78. The lowest BCUT2D eigenvalue weighted by Crippen LogP contribution is -2.47. The van der Waals surface area contributed by atoms with Gasteiger partial charge in [-0.2, -0.15) is 0 Å². The maximum atomic E-state index is 13.7. The van der Waals surface area contributed by atoms with E-state index in [4.69, 9.17) is 9.47 Å². The van der Waals surface area contributed by atoms with Crippen LogP contribution in [0.25, 0.3) is 0 Å². The van der Waals surface area contributed by atoms with Crippen LogP contribution in [0, 0.1) is 12.7 Å². The molecule has 2 fully saturated rings. The highest BCUT2D eigenvalue weighted by atomic mass is 19.1. The second-order valence-electron chi connectivity index (χ2n) is 8.72. The van der Waals surface area contributed by atoms with E-state index in [0.717, 1.165) is 48.9 Å². The molecule has 0 unspecified atom stereocenters. The number of hydrogen-bond acceptors (Lipinski definition) is 3.